The number of H-pyrrole nitrogens is 1. The number of fused-ring (bicyclic) bond motifs is 3. The van der Waals surface area contributed by atoms with Crippen molar-refractivity contribution in [2.45, 2.75) is 52.9 Å². The molecule has 0 fully saturated rings. The molecule has 3 heteroatoms. The lowest BCUT2D eigenvalue weighted by molar-refractivity contribution is -0.125. The van der Waals surface area contributed by atoms with Crippen LogP contribution < -0.4 is 0 Å². The Balaban J connectivity index is 2.12. The number of hydrogen-bond acceptors (Lipinski definition) is 2. The molecule has 24 heavy (non-hydrogen) atoms. The van der Waals surface area contributed by atoms with Gasteiger partial charge in [0.2, 0.25) is 0 Å². The molecule has 1 N–H and O–H groups in total. The van der Waals surface area contributed by atoms with E-state index in [9.17, 15) is 4.79 Å². The Kier molecular flexibility index (Phi) is 4.79. The van der Waals surface area contributed by atoms with Gasteiger partial charge >= 0.3 is 0 Å². The first kappa shape index (κ1) is 16.8. The summed E-state index contributed by atoms with van der Waals surface area (Å²) in [6.07, 6.45) is 6.79. The first-order valence-electron chi connectivity index (χ1n) is 9.05. The fraction of sp³-hybridized carbons (Fsp3) is 0.476. The second-order valence-electron chi connectivity index (χ2n) is 7.20. The maximum atomic E-state index is 13.2. The molecule has 0 radical (unpaired) electrons. The third-order valence-corrected chi connectivity index (χ3v) is 5.31. The topological polar surface area (TPSA) is 46.0 Å². The molecule has 2 atom stereocenters. The van der Waals surface area contributed by atoms with Gasteiger partial charge in [-0.05, 0) is 30.5 Å². The van der Waals surface area contributed by atoms with Crippen LogP contribution in [0.15, 0.2) is 35.1 Å². The highest BCUT2D eigenvalue weighted by molar-refractivity contribution is 6.08. The van der Waals surface area contributed by atoms with Crippen molar-refractivity contribution in [2.24, 2.45) is 11.8 Å². The number of carbonyl (C=O) groups excluding carboxylic acids is 1. The van der Waals surface area contributed by atoms with Crippen LogP contribution >= 0.6 is 0 Å². The summed E-state index contributed by atoms with van der Waals surface area (Å²) >= 11 is 0. The van der Waals surface area contributed by atoms with Crippen molar-refractivity contribution in [3.05, 3.63) is 36.2 Å². The molecule has 3 nitrogen and oxygen atoms in total. The molecule has 2 unspecified atom stereocenters. The van der Waals surface area contributed by atoms with Crippen molar-refractivity contribution in [3.63, 3.8) is 0 Å². The molecule has 0 bridgehead atoms. The van der Waals surface area contributed by atoms with Crippen LogP contribution in [0.25, 0.3) is 21.9 Å². The number of furan rings is 1. The van der Waals surface area contributed by atoms with Crippen LogP contribution in [0.1, 0.15) is 58.4 Å². The third-order valence-electron chi connectivity index (χ3n) is 5.31. The monoisotopic (exact) mass is 325 g/mol. The van der Waals surface area contributed by atoms with Crippen molar-refractivity contribution in [1.29, 1.82) is 0 Å². The average Bonchev–Trinajstić information content (AvgIpc) is 3.20. The minimum Gasteiger partial charge on any atom is -0.464 e. The number of unbranched alkanes of at least 4 members (excludes halogenated alkanes) is 1. The van der Waals surface area contributed by atoms with Gasteiger partial charge in [0.05, 0.1) is 6.26 Å². The van der Waals surface area contributed by atoms with Crippen molar-refractivity contribution in [3.8, 4) is 0 Å². The molecular weight excluding hydrogens is 298 g/mol. The molecule has 0 amide bonds. The molecule has 0 saturated carbocycles. The van der Waals surface area contributed by atoms with Gasteiger partial charge in [-0.15, -0.1) is 0 Å². The smallest absolute Gasteiger partial charge is 0.143 e. The highest BCUT2D eigenvalue weighted by Gasteiger charge is 2.29. The van der Waals surface area contributed by atoms with Gasteiger partial charge in [-0.2, -0.15) is 0 Å². The Labute approximate surface area is 143 Å². The number of carbonyl (C=O) groups is 1. The molecule has 2 aromatic heterocycles. The zero-order valence-corrected chi connectivity index (χ0v) is 15.1. The fourth-order valence-corrected chi connectivity index (χ4v) is 3.46. The number of rotatable bonds is 7. The Morgan fingerprint density at radius 3 is 2.71 bits per heavy atom. The summed E-state index contributed by atoms with van der Waals surface area (Å²) in [6, 6.07) is 6.10. The van der Waals surface area contributed by atoms with Gasteiger partial charge in [-0.1, -0.05) is 40.5 Å². The SMILES string of the molecule is CCCCC(C(=O)C(C)C(C)C)c1coc2ccc3[nH]ccc3c12. The molecule has 0 aliphatic heterocycles. The third kappa shape index (κ3) is 2.88. The standard InChI is InChI=1S/C21H27NO2/c1-5-6-7-15(21(23)14(4)13(2)3)17-12-24-19-9-8-18-16(20(17)19)10-11-22-18/h8-15,22H,5-7H2,1-4H3. The molecule has 0 aliphatic rings. The number of hydrogen-bond donors (Lipinski definition) is 1. The van der Waals surface area contributed by atoms with Crippen molar-refractivity contribution in [1.82, 2.24) is 4.98 Å². The summed E-state index contributed by atoms with van der Waals surface area (Å²) in [5.74, 6) is 0.673. The van der Waals surface area contributed by atoms with Crippen LogP contribution in [0.5, 0.6) is 0 Å². The normalized spacial score (nSPS) is 14.5. The van der Waals surface area contributed by atoms with Crippen LogP contribution in [0, 0.1) is 11.8 Å². The molecule has 0 saturated heterocycles. The minimum atomic E-state index is -0.0795. The lowest BCUT2D eigenvalue weighted by atomic mass is 9.80. The average molecular weight is 325 g/mol. The Morgan fingerprint density at radius 2 is 2.00 bits per heavy atom. The molecule has 2 heterocycles. The van der Waals surface area contributed by atoms with E-state index in [1.54, 1.807) is 0 Å². The number of benzene rings is 1. The van der Waals surface area contributed by atoms with Gasteiger partial charge in [0.15, 0.2) is 0 Å². The zero-order chi connectivity index (χ0) is 17.3. The van der Waals surface area contributed by atoms with Crippen LogP contribution in [-0.4, -0.2) is 10.8 Å². The summed E-state index contributed by atoms with van der Waals surface area (Å²) in [5, 5.41) is 2.24. The highest BCUT2D eigenvalue weighted by atomic mass is 16.3. The summed E-state index contributed by atoms with van der Waals surface area (Å²) < 4.78 is 5.81. The predicted octanol–water partition coefficient (Wildman–Crippen LogP) is 6.05. The minimum absolute atomic E-state index is 0.0576. The first-order valence-corrected chi connectivity index (χ1v) is 9.05. The Hall–Kier alpha value is -2.03. The lowest BCUT2D eigenvalue weighted by Crippen LogP contribution is -2.24. The number of Topliss-reactive ketones (excluding diaryl/α,β-unsaturated/α-hetero) is 1. The zero-order valence-electron chi connectivity index (χ0n) is 15.1. The maximum absolute atomic E-state index is 13.2. The molecule has 1 aromatic carbocycles. The van der Waals surface area contributed by atoms with E-state index in [4.69, 9.17) is 4.42 Å². The van der Waals surface area contributed by atoms with Gasteiger partial charge in [0.1, 0.15) is 11.4 Å². The molecule has 0 spiro atoms. The molecular formula is C21H27NO2. The van der Waals surface area contributed by atoms with E-state index in [2.05, 4.69) is 38.7 Å². The second-order valence-corrected chi connectivity index (χ2v) is 7.20. The molecule has 0 aliphatic carbocycles. The van der Waals surface area contributed by atoms with Crippen LogP contribution in [0.4, 0.5) is 0 Å². The van der Waals surface area contributed by atoms with Crippen molar-refractivity contribution < 1.29 is 9.21 Å². The van der Waals surface area contributed by atoms with E-state index < -0.39 is 0 Å². The first-order chi connectivity index (χ1) is 11.5. The van der Waals surface area contributed by atoms with Crippen LogP contribution in [-0.2, 0) is 4.79 Å². The maximum Gasteiger partial charge on any atom is 0.143 e. The largest absolute Gasteiger partial charge is 0.464 e. The molecule has 128 valence electrons. The summed E-state index contributed by atoms with van der Waals surface area (Å²) in [5.41, 5.74) is 3.01. The molecule has 3 rings (SSSR count). The predicted molar refractivity (Wildman–Crippen MR) is 99.3 cm³/mol. The van der Waals surface area contributed by atoms with E-state index in [0.29, 0.717) is 11.7 Å². The van der Waals surface area contributed by atoms with Gasteiger partial charge in [-0.3, -0.25) is 4.79 Å². The van der Waals surface area contributed by atoms with E-state index >= 15 is 0 Å². The lowest BCUT2D eigenvalue weighted by Gasteiger charge is -2.22. The van der Waals surface area contributed by atoms with Crippen LogP contribution in [0.3, 0.4) is 0 Å². The summed E-state index contributed by atoms with van der Waals surface area (Å²) in [4.78, 5) is 16.4. The number of ketones is 1. The second kappa shape index (κ2) is 6.84. The van der Waals surface area contributed by atoms with Crippen molar-refractivity contribution >= 4 is 27.7 Å². The van der Waals surface area contributed by atoms with Gasteiger partial charge < -0.3 is 9.40 Å². The quantitative estimate of drug-likeness (QED) is 0.575. The van der Waals surface area contributed by atoms with Gasteiger partial charge in [-0.25, -0.2) is 0 Å². The number of aromatic nitrogens is 1. The van der Waals surface area contributed by atoms with Gasteiger partial charge in [0, 0.05) is 39.9 Å². The van der Waals surface area contributed by atoms with E-state index in [1.807, 2.05) is 24.6 Å². The summed E-state index contributed by atoms with van der Waals surface area (Å²) in [6.45, 7) is 8.47. The van der Waals surface area contributed by atoms with E-state index in [1.165, 1.54) is 0 Å². The fourth-order valence-electron chi connectivity index (χ4n) is 3.46. The number of aromatic amines is 1. The number of nitrogens with one attached hydrogen (secondary N) is 1. The van der Waals surface area contributed by atoms with Crippen molar-refractivity contribution in [2.75, 3.05) is 0 Å². The van der Waals surface area contributed by atoms with E-state index in [0.717, 1.165) is 46.7 Å². The Bertz CT molecular complexity index is 840. The molecule has 3 aromatic rings. The Morgan fingerprint density at radius 1 is 1.21 bits per heavy atom. The van der Waals surface area contributed by atoms with Crippen LogP contribution in [0.2, 0.25) is 0 Å². The summed E-state index contributed by atoms with van der Waals surface area (Å²) in [7, 11) is 0. The van der Waals surface area contributed by atoms with E-state index in [-0.39, 0.29) is 11.8 Å². The van der Waals surface area contributed by atoms with Gasteiger partial charge in [0.25, 0.3) is 0 Å². The highest BCUT2D eigenvalue weighted by Crippen LogP contribution is 2.37.